The molecular weight excluding hydrogens is 664 g/mol. The average molecular weight is 695 g/mol. The molecule has 0 aromatic heterocycles. The van der Waals surface area contributed by atoms with Crippen LogP contribution in [0.2, 0.25) is 0 Å². The van der Waals surface area contributed by atoms with E-state index in [1.54, 1.807) is 0 Å². The first kappa shape index (κ1) is 29.5. The number of benzene rings is 9. The molecular formula is C50H31B2N3. The minimum absolute atomic E-state index is 0.0759. The van der Waals surface area contributed by atoms with E-state index in [4.69, 9.17) is 0 Å². The molecule has 0 aliphatic carbocycles. The zero-order valence-electron chi connectivity index (χ0n) is 29.9. The van der Waals surface area contributed by atoms with Gasteiger partial charge in [-0.15, -0.1) is 0 Å². The van der Waals surface area contributed by atoms with Gasteiger partial charge in [-0.2, -0.15) is 0 Å². The van der Waals surface area contributed by atoms with Gasteiger partial charge in [-0.1, -0.05) is 140 Å². The van der Waals surface area contributed by atoms with Gasteiger partial charge in [0.05, 0.1) is 5.69 Å². The fraction of sp³-hybridized carbons (Fsp3) is 0. The molecule has 0 saturated carbocycles. The minimum Gasteiger partial charge on any atom is -0.356 e. The number of fused-ring (bicyclic) bond motifs is 13. The van der Waals surface area contributed by atoms with Gasteiger partial charge in [-0.25, -0.2) is 0 Å². The van der Waals surface area contributed by atoms with E-state index >= 15 is 0 Å². The SMILES string of the molecule is c1ccc2c(c1)Nc1cc3c4c5c1B2c1ccccc1N5c1ccccc1B4c1ccccc1N3c1ccccc1-c1cc2ccccc2c2ccccc12. The van der Waals surface area contributed by atoms with Crippen LogP contribution in [0.1, 0.15) is 0 Å². The first-order valence-electron chi connectivity index (χ1n) is 19.3. The molecule has 0 amide bonds. The van der Waals surface area contributed by atoms with Gasteiger partial charge >= 0.3 is 0 Å². The third-order valence-electron chi connectivity index (χ3n) is 12.6. The number of hydrogen-bond acceptors (Lipinski definition) is 3. The van der Waals surface area contributed by atoms with Crippen molar-refractivity contribution in [3.05, 3.63) is 182 Å². The lowest BCUT2D eigenvalue weighted by Gasteiger charge is -2.49. The third kappa shape index (κ3) is 3.82. The van der Waals surface area contributed by atoms with Crippen molar-refractivity contribution < 1.29 is 0 Å². The second-order valence-electron chi connectivity index (χ2n) is 15.3. The van der Waals surface area contributed by atoms with E-state index in [9.17, 15) is 0 Å². The smallest absolute Gasteiger partial charge is 0.252 e. The number of rotatable bonds is 2. The summed E-state index contributed by atoms with van der Waals surface area (Å²) in [7, 11) is 0. The molecule has 0 spiro atoms. The first-order chi connectivity index (χ1) is 27.3. The van der Waals surface area contributed by atoms with Gasteiger partial charge < -0.3 is 15.1 Å². The van der Waals surface area contributed by atoms with Crippen LogP contribution in [0.5, 0.6) is 0 Å². The van der Waals surface area contributed by atoms with Crippen LogP contribution in [-0.4, -0.2) is 13.4 Å². The van der Waals surface area contributed by atoms with Crippen LogP contribution >= 0.6 is 0 Å². The monoisotopic (exact) mass is 695 g/mol. The minimum atomic E-state index is 0.0759. The van der Waals surface area contributed by atoms with Crippen LogP contribution in [0.25, 0.3) is 32.7 Å². The Morgan fingerprint density at radius 2 is 0.873 bits per heavy atom. The summed E-state index contributed by atoms with van der Waals surface area (Å²) in [4.78, 5) is 5.15. The maximum absolute atomic E-state index is 3.98. The fourth-order valence-corrected chi connectivity index (χ4v) is 10.5. The van der Waals surface area contributed by atoms with Gasteiger partial charge in [-0.3, -0.25) is 0 Å². The van der Waals surface area contributed by atoms with Crippen LogP contribution in [0, 0.1) is 0 Å². The predicted octanol–water partition coefficient (Wildman–Crippen LogP) is 8.63. The highest BCUT2D eigenvalue weighted by Gasteiger charge is 2.50. The topological polar surface area (TPSA) is 18.5 Å². The van der Waals surface area contributed by atoms with E-state index < -0.39 is 0 Å². The second-order valence-corrected chi connectivity index (χ2v) is 15.3. The van der Waals surface area contributed by atoms with Gasteiger partial charge in [0.15, 0.2) is 0 Å². The molecule has 3 nitrogen and oxygen atoms in total. The summed E-state index contributed by atoms with van der Waals surface area (Å²) >= 11 is 0. The van der Waals surface area contributed by atoms with Gasteiger partial charge in [0.25, 0.3) is 13.4 Å². The fourth-order valence-electron chi connectivity index (χ4n) is 10.5. The van der Waals surface area contributed by atoms with Crippen LogP contribution in [-0.2, 0) is 0 Å². The highest BCUT2D eigenvalue weighted by molar-refractivity contribution is 7.04. The van der Waals surface area contributed by atoms with Crippen molar-refractivity contribution in [2.75, 3.05) is 15.1 Å². The Labute approximate surface area is 320 Å². The van der Waals surface area contributed by atoms with Crippen LogP contribution < -0.4 is 47.9 Å². The molecule has 4 aliphatic rings. The van der Waals surface area contributed by atoms with Crippen LogP contribution in [0.3, 0.4) is 0 Å². The van der Waals surface area contributed by atoms with Crippen molar-refractivity contribution in [1.82, 2.24) is 0 Å². The standard InChI is InChI=1S/C50H31B2N3/c1-2-16-32-31(15-1)29-36(34-18-4-3-17-33(32)34)35-19-5-11-25-43(35)54-44-26-12-7-21-38(44)52-40-23-9-14-28-46(40)55-45-27-13-8-22-39(45)51-37-20-6-10-24-41(37)53-42-30-47(54)49(52)50(55)48(42)51/h1-30,53H. The van der Waals surface area contributed by atoms with Crippen LogP contribution in [0.4, 0.5) is 45.5 Å². The summed E-state index contributed by atoms with van der Waals surface area (Å²) in [6.07, 6.45) is 0. The Bertz CT molecular complexity index is 3120. The molecule has 9 aromatic rings. The van der Waals surface area contributed by atoms with Gasteiger partial charge in [-0.05, 0) is 102 Å². The molecule has 0 atom stereocenters. The van der Waals surface area contributed by atoms with Gasteiger partial charge in [0.2, 0.25) is 0 Å². The molecule has 4 aliphatic heterocycles. The lowest BCUT2D eigenvalue weighted by Crippen LogP contribution is -2.68. The number of nitrogens with zero attached hydrogens (tertiary/aromatic N) is 2. The van der Waals surface area contributed by atoms with E-state index in [-0.39, 0.29) is 13.4 Å². The molecule has 252 valence electrons. The van der Waals surface area contributed by atoms with E-state index in [1.165, 1.54) is 111 Å². The Hall–Kier alpha value is -6.97. The molecule has 0 fully saturated rings. The number of anilines is 8. The molecule has 0 saturated heterocycles. The number of para-hydroxylation sites is 5. The lowest BCUT2D eigenvalue weighted by molar-refractivity contribution is 1.26. The summed E-state index contributed by atoms with van der Waals surface area (Å²) in [5.41, 5.74) is 20.3. The Morgan fingerprint density at radius 3 is 1.60 bits per heavy atom. The van der Waals surface area contributed by atoms with Gasteiger partial charge in [0, 0.05) is 45.4 Å². The summed E-state index contributed by atoms with van der Waals surface area (Å²) in [6.45, 7) is 0.194. The number of hydrogen-bond donors (Lipinski definition) is 1. The first-order valence-corrected chi connectivity index (χ1v) is 19.3. The van der Waals surface area contributed by atoms with Gasteiger partial charge in [0.1, 0.15) is 0 Å². The quantitative estimate of drug-likeness (QED) is 0.144. The summed E-state index contributed by atoms with van der Waals surface area (Å²) in [6, 6.07) is 67.8. The van der Waals surface area contributed by atoms with Crippen molar-refractivity contribution in [1.29, 1.82) is 0 Å². The summed E-state index contributed by atoms with van der Waals surface area (Å²) in [5.74, 6) is 0. The Morgan fingerprint density at radius 1 is 0.345 bits per heavy atom. The molecule has 55 heavy (non-hydrogen) atoms. The van der Waals surface area contributed by atoms with E-state index in [0.717, 1.165) is 0 Å². The zero-order chi connectivity index (χ0) is 35.8. The van der Waals surface area contributed by atoms with E-state index in [0.29, 0.717) is 0 Å². The highest BCUT2D eigenvalue weighted by atomic mass is 15.2. The lowest BCUT2D eigenvalue weighted by atomic mass is 9.29. The molecule has 0 bridgehead atoms. The normalized spacial score (nSPS) is 13.8. The molecule has 4 heterocycles. The molecule has 13 rings (SSSR count). The van der Waals surface area contributed by atoms with Crippen molar-refractivity contribution in [2.24, 2.45) is 0 Å². The third-order valence-corrected chi connectivity index (χ3v) is 12.6. The van der Waals surface area contributed by atoms with Crippen molar-refractivity contribution in [3.8, 4) is 11.1 Å². The van der Waals surface area contributed by atoms with E-state index in [2.05, 4.69) is 197 Å². The molecule has 0 unspecified atom stereocenters. The molecule has 0 radical (unpaired) electrons. The van der Waals surface area contributed by atoms with Crippen molar-refractivity contribution >= 4 is 113 Å². The molecule has 9 aromatic carbocycles. The Balaban J connectivity index is 1.16. The van der Waals surface area contributed by atoms with Crippen LogP contribution in [0.15, 0.2) is 182 Å². The van der Waals surface area contributed by atoms with Crippen molar-refractivity contribution in [2.45, 2.75) is 0 Å². The largest absolute Gasteiger partial charge is 0.356 e. The maximum Gasteiger partial charge on any atom is 0.252 e. The average Bonchev–Trinajstić information content (AvgIpc) is 3.25. The van der Waals surface area contributed by atoms with Crippen molar-refractivity contribution in [3.63, 3.8) is 0 Å². The predicted molar refractivity (Wildman–Crippen MR) is 235 cm³/mol. The highest BCUT2D eigenvalue weighted by Crippen LogP contribution is 2.49. The summed E-state index contributed by atoms with van der Waals surface area (Å²) in [5, 5.41) is 9.04. The van der Waals surface area contributed by atoms with E-state index in [1.807, 2.05) is 0 Å². The number of nitrogens with one attached hydrogen (secondary N) is 1. The second kappa shape index (κ2) is 10.8. The Kier molecular flexibility index (Phi) is 5.79. The zero-order valence-corrected chi connectivity index (χ0v) is 29.9. The maximum atomic E-state index is 3.98. The molecule has 1 N–H and O–H groups in total. The molecule has 5 heteroatoms. The summed E-state index contributed by atoms with van der Waals surface area (Å²) < 4.78 is 0.